The van der Waals surface area contributed by atoms with Gasteiger partial charge in [0, 0.05) is 0 Å². The zero-order valence-electron chi connectivity index (χ0n) is 10.5. The molecule has 0 aliphatic heterocycles. The summed E-state index contributed by atoms with van der Waals surface area (Å²) >= 11 is 2.93. The standard InChI is InChI=1S/C13H10BrF2NO3S/c14-10-6-9(2-3-11(10)15)17-21(19,20)13-4-1-8(7-18)5-12(13)16/h1-6,17-18H,7H2. The fourth-order valence-electron chi connectivity index (χ4n) is 1.63. The van der Waals surface area contributed by atoms with E-state index in [2.05, 4.69) is 20.7 Å². The van der Waals surface area contributed by atoms with Gasteiger partial charge >= 0.3 is 0 Å². The molecule has 0 aliphatic rings. The summed E-state index contributed by atoms with van der Waals surface area (Å²) < 4.78 is 53.3. The minimum absolute atomic E-state index is 0.0822. The molecule has 0 unspecified atom stereocenters. The molecule has 2 aromatic rings. The van der Waals surface area contributed by atoms with Crippen molar-refractivity contribution in [1.82, 2.24) is 0 Å². The van der Waals surface area contributed by atoms with Crippen LogP contribution in [0.15, 0.2) is 45.8 Å². The number of anilines is 1. The molecule has 112 valence electrons. The SMILES string of the molecule is O=S(=O)(Nc1ccc(F)c(Br)c1)c1ccc(CO)cc1F. The highest BCUT2D eigenvalue weighted by Crippen LogP contribution is 2.24. The molecule has 8 heteroatoms. The predicted molar refractivity (Wildman–Crippen MR) is 77.2 cm³/mol. The van der Waals surface area contributed by atoms with Gasteiger partial charge in [0.2, 0.25) is 0 Å². The smallest absolute Gasteiger partial charge is 0.264 e. The van der Waals surface area contributed by atoms with Crippen molar-refractivity contribution >= 4 is 31.6 Å². The number of aliphatic hydroxyl groups excluding tert-OH is 1. The number of halogens is 3. The van der Waals surface area contributed by atoms with Crippen LogP contribution in [-0.2, 0) is 16.6 Å². The van der Waals surface area contributed by atoms with E-state index < -0.39 is 33.2 Å². The molecule has 2 aromatic carbocycles. The molecule has 0 saturated heterocycles. The van der Waals surface area contributed by atoms with Gasteiger partial charge in [-0.2, -0.15) is 0 Å². The van der Waals surface area contributed by atoms with E-state index in [9.17, 15) is 17.2 Å². The van der Waals surface area contributed by atoms with E-state index >= 15 is 0 Å². The van der Waals surface area contributed by atoms with Crippen LogP contribution < -0.4 is 4.72 Å². The van der Waals surface area contributed by atoms with Gasteiger partial charge in [-0.05, 0) is 51.8 Å². The quantitative estimate of drug-likeness (QED) is 0.860. The summed E-state index contributed by atoms with van der Waals surface area (Å²) in [5.74, 6) is -1.52. The normalized spacial score (nSPS) is 11.4. The Labute approximate surface area is 128 Å². The van der Waals surface area contributed by atoms with E-state index in [0.717, 1.165) is 18.2 Å². The number of benzene rings is 2. The third-order valence-electron chi connectivity index (χ3n) is 2.64. The molecule has 0 saturated carbocycles. The van der Waals surface area contributed by atoms with Crippen LogP contribution in [0, 0.1) is 11.6 Å². The number of hydrogen-bond acceptors (Lipinski definition) is 3. The molecule has 2 N–H and O–H groups in total. The van der Waals surface area contributed by atoms with Gasteiger partial charge in [0.05, 0.1) is 16.8 Å². The molecule has 4 nitrogen and oxygen atoms in total. The van der Waals surface area contributed by atoms with E-state index in [4.69, 9.17) is 5.11 Å². The lowest BCUT2D eigenvalue weighted by Gasteiger charge is -2.10. The third-order valence-corrected chi connectivity index (χ3v) is 4.66. The number of aliphatic hydroxyl groups is 1. The second-order valence-corrected chi connectivity index (χ2v) is 6.66. The molecule has 0 fully saturated rings. The highest BCUT2D eigenvalue weighted by Gasteiger charge is 2.19. The molecular formula is C13H10BrF2NO3S. The number of hydrogen-bond donors (Lipinski definition) is 2. The van der Waals surface area contributed by atoms with Crippen molar-refractivity contribution in [2.45, 2.75) is 11.5 Å². The molecule has 2 rings (SSSR count). The topological polar surface area (TPSA) is 66.4 Å². The monoisotopic (exact) mass is 377 g/mol. The summed E-state index contributed by atoms with van der Waals surface area (Å²) in [7, 11) is -4.15. The first-order valence-electron chi connectivity index (χ1n) is 5.70. The van der Waals surface area contributed by atoms with Crippen molar-refractivity contribution in [1.29, 1.82) is 0 Å². The fourth-order valence-corrected chi connectivity index (χ4v) is 3.12. The maximum absolute atomic E-state index is 13.8. The molecule has 0 atom stereocenters. The molecule has 0 amide bonds. The molecule has 0 aliphatic carbocycles. The summed E-state index contributed by atoms with van der Waals surface area (Å²) in [6.07, 6.45) is 0. The summed E-state index contributed by atoms with van der Waals surface area (Å²) in [5.41, 5.74) is 0.352. The van der Waals surface area contributed by atoms with Crippen LogP contribution in [-0.4, -0.2) is 13.5 Å². The summed E-state index contributed by atoms with van der Waals surface area (Å²) in [6, 6.07) is 6.83. The van der Waals surface area contributed by atoms with Crippen LogP contribution in [0.2, 0.25) is 0 Å². The van der Waals surface area contributed by atoms with Gasteiger partial charge in [-0.3, -0.25) is 4.72 Å². The highest BCUT2D eigenvalue weighted by atomic mass is 79.9. The fraction of sp³-hybridized carbons (Fsp3) is 0.0769. The van der Waals surface area contributed by atoms with E-state index in [1.807, 2.05) is 0 Å². The van der Waals surface area contributed by atoms with Gasteiger partial charge < -0.3 is 5.11 Å². The van der Waals surface area contributed by atoms with Crippen molar-refractivity contribution in [2.24, 2.45) is 0 Å². The van der Waals surface area contributed by atoms with Gasteiger partial charge in [0.1, 0.15) is 16.5 Å². The molecular weight excluding hydrogens is 368 g/mol. The first kappa shape index (κ1) is 15.9. The van der Waals surface area contributed by atoms with Gasteiger partial charge in [-0.15, -0.1) is 0 Å². The molecule has 0 heterocycles. The first-order valence-corrected chi connectivity index (χ1v) is 7.98. The van der Waals surface area contributed by atoms with E-state index in [-0.39, 0.29) is 15.7 Å². The van der Waals surface area contributed by atoms with Crippen molar-refractivity contribution in [3.8, 4) is 0 Å². The van der Waals surface area contributed by atoms with Gasteiger partial charge in [-0.25, -0.2) is 17.2 Å². The lowest BCUT2D eigenvalue weighted by molar-refractivity contribution is 0.281. The lowest BCUT2D eigenvalue weighted by atomic mass is 10.2. The van der Waals surface area contributed by atoms with Crippen LogP contribution in [0.3, 0.4) is 0 Å². The zero-order chi connectivity index (χ0) is 15.6. The Balaban J connectivity index is 2.36. The Morgan fingerprint density at radius 3 is 2.38 bits per heavy atom. The summed E-state index contributed by atoms with van der Waals surface area (Å²) in [5, 5.41) is 8.88. The van der Waals surface area contributed by atoms with E-state index in [1.165, 1.54) is 18.2 Å². The molecule has 0 spiro atoms. The predicted octanol–water partition coefficient (Wildman–Crippen LogP) is 3.02. The van der Waals surface area contributed by atoms with Gasteiger partial charge in [-0.1, -0.05) is 6.07 Å². The second-order valence-electron chi connectivity index (χ2n) is 4.16. The molecule has 0 radical (unpaired) electrons. The van der Waals surface area contributed by atoms with Crippen LogP contribution in [0.4, 0.5) is 14.5 Å². The molecule has 21 heavy (non-hydrogen) atoms. The Hall–Kier alpha value is -1.51. The Morgan fingerprint density at radius 1 is 1.10 bits per heavy atom. The molecule has 0 aromatic heterocycles. The van der Waals surface area contributed by atoms with Crippen LogP contribution in [0.1, 0.15) is 5.56 Å². The second kappa shape index (κ2) is 6.08. The number of nitrogens with one attached hydrogen (secondary N) is 1. The highest BCUT2D eigenvalue weighted by molar-refractivity contribution is 9.10. The number of sulfonamides is 1. The van der Waals surface area contributed by atoms with Crippen molar-refractivity contribution in [3.05, 3.63) is 58.1 Å². The summed E-state index contributed by atoms with van der Waals surface area (Å²) in [4.78, 5) is -0.555. The van der Waals surface area contributed by atoms with Crippen LogP contribution in [0.5, 0.6) is 0 Å². The van der Waals surface area contributed by atoms with Crippen molar-refractivity contribution < 1.29 is 22.3 Å². The maximum Gasteiger partial charge on any atom is 0.264 e. The first-order chi connectivity index (χ1) is 9.83. The Kier molecular flexibility index (Phi) is 4.60. The Morgan fingerprint density at radius 2 is 1.81 bits per heavy atom. The largest absolute Gasteiger partial charge is 0.392 e. The van der Waals surface area contributed by atoms with E-state index in [0.29, 0.717) is 0 Å². The maximum atomic E-state index is 13.8. The number of rotatable bonds is 4. The minimum Gasteiger partial charge on any atom is -0.392 e. The van der Waals surface area contributed by atoms with Gasteiger partial charge in [0.15, 0.2) is 0 Å². The van der Waals surface area contributed by atoms with E-state index in [1.54, 1.807) is 0 Å². The minimum atomic E-state index is -4.15. The van der Waals surface area contributed by atoms with Gasteiger partial charge in [0.25, 0.3) is 10.0 Å². The zero-order valence-corrected chi connectivity index (χ0v) is 12.9. The lowest BCUT2D eigenvalue weighted by Crippen LogP contribution is -2.15. The molecule has 0 bridgehead atoms. The van der Waals surface area contributed by atoms with Crippen LogP contribution in [0.25, 0.3) is 0 Å². The van der Waals surface area contributed by atoms with Crippen LogP contribution >= 0.6 is 15.9 Å². The van der Waals surface area contributed by atoms with Crippen molar-refractivity contribution in [3.63, 3.8) is 0 Å². The third kappa shape index (κ3) is 3.58. The van der Waals surface area contributed by atoms with Crippen molar-refractivity contribution in [2.75, 3.05) is 4.72 Å². The average Bonchev–Trinajstić information content (AvgIpc) is 2.42. The average molecular weight is 378 g/mol. The Bertz CT molecular complexity index is 781. The summed E-state index contributed by atoms with van der Waals surface area (Å²) in [6.45, 7) is -0.393.